The van der Waals surface area contributed by atoms with E-state index < -0.39 is 0 Å². The van der Waals surface area contributed by atoms with E-state index in [1.165, 1.54) is 0 Å². The summed E-state index contributed by atoms with van der Waals surface area (Å²) in [5.41, 5.74) is 7.11. The van der Waals surface area contributed by atoms with Crippen molar-refractivity contribution in [3.63, 3.8) is 0 Å². The van der Waals surface area contributed by atoms with Gasteiger partial charge in [-0.3, -0.25) is 4.79 Å². The van der Waals surface area contributed by atoms with E-state index in [1.807, 2.05) is 48.5 Å². The lowest BCUT2D eigenvalue weighted by molar-refractivity contribution is -0.143. The van der Waals surface area contributed by atoms with Crippen LogP contribution in [0.3, 0.4) is 0 Å². The Morgan fingerprint density at radius 3 is 2.52 bits per heavy atom. The Bertz CT molecular complexity index is 635. The lowest BCUT2D eigenvalue weighted by atomic mass is 10.1. The fourth-order valence-corrected chi connectivity index (χ4v) is 3.15. The fraction of sp³-hybridized carbons (Fsp3) is 0.235. The lowest BCUT2D eigenvalue weighted by Crippen LogP contribution is -2.17. The van der Waals surface area contributed by atoms with E-state index in [4.69, 9.17) is 22.1 Å². The first-order chi connectivity index (χ1) is 10.6. The standard InChI is InChI=1S/C17H18ClNO2S.ClH/c1-2-21-17(20)11-15(19)14-5-3-4-6-16(14)22-13-9-7-12(18)8-10-13;/h3-10,15H,2,11,19H2,1H3;1H/t15-;/m0./s1. The third kappa shape index (κ3) is 6.07. The molecular formula is C17H19Cl2NO2S. The van der Waals surface area contributed by atoms with Crippen LogP contribution < -0.4 is 5.73 Å². The van der Waals surface area contributed by atoms with Crippen molar-refractivity contribution in [2.75, 3.05) is 6.61 Å². The molecule has 2 rings (SSSR count). The van der Waals surface area contributed by atoms with Gasteiger partial charge in [-0.15, -0.1) is 12.4 Å². The minimum Gasteiger partial charge on any atom is -0.466 e. The number of hydrogen-bond donors (Lipinski definition) is 1. The third-order valence-electron chi connectivity index (χ3n) is 3.05. The van der Waals surface area contributed by atoms with Gasteiger partial charge in [-0.25, -0.2) is 0 Å². The number of halogens is 2. The molecule has 0 fully saturated rings. The van der Waals surface area contributed by atoms with Crippen LogP contribution in [-0.4, -0.2) is 12.6 Å². The van der Waals surface area contributed by atoms with Gasteiger partial charge in [0.15, 0.2) is 0 Å². The number of nitrogens with two attached hydrogens (primary N) is 1. The number of carbonyl (C=O) groups excluding carboxylic acids is 1. The second-order valence-corrected chi connectivity index (χ2v) is 6.26. The van der Waals surface area contributed by atoms with Gasteiger partial charge < -0.3 is 10.5 Å². The highest BCUT2D eigenvalue weighted by atomic mass is 35.5. The van der Waals surface area contributed by atoms with Crippen LogP contribution in [0.25, 0.3) is 0 Å². The van der Waals surface area contributed by atoms with E-state index in [0.717, 1.165) is 15.4 Å². The molecule has 0 aliphatic rings. The molecule has 0 saturated heterocycles. The van der Waals surface area contributed by atoms with Gasteiger partial charge in [0.25, 0.3) is 0 Å². The molecule has 6 heteroatoms. The monoisotopic (exact) mass is 371 g/mol. The third-order valence-corrected chi connectivity index (χ3v) is 4.40. The molecule has 0 amide bonds. The van der Waals surface area contributed by atoms with Crippen LogP contribution in [0.15, 0.2) is 58.3 Å². The predicted octanol–water partition coefficient (Wildman–Crippen LogP) is 4.87. The molecule has 2 N–H and O–H groups in total. The molecule has 0 aromatic heterocycles. The quantitative estimate of drug-likeness (QED) is 0.736. The Morgan fingerprint density at radius 2 is 1.87 bits per heavy atom. The topological polar surface area (TPSA) is 52.3 Å². The summed E-state index contributed by atoms with van der Waals surface area (Å²) in [5, 5.41) is 0.705. The van der Waals surface area contributed by atoms with Crippen molar-refractivity contribution >= 4 is 41.7 Å². The van der Waals surface area contributed by atoms with Crippen LogP contribution in [-0.2, 0) is 9.53 Å². The molecule has 0 radical (unpaired) electrons. The summed E-state index contributed by atoms with van der Waals surface area (Å²) in [6.45, 7) is 2.15. The van der Waals surface area contributed by atoms with Gasteiger partial charge in [0.1, 0.15) is 0 Å². The predicted molar refractivity (Wildman–Crippen MR) is 97.4 cm³/mol. The summed E-state index contributed by atoms with van der Waals surface area (Å²) in [6, 6.07) is 15.1. The van der Waals surface area contributed by atoms with Gasteiger partial charge in [0.05, 0.1) is 13.0 Å². The summed E-state index contributed by atoms with van der Waals surface area (Å²) in [6.07, 6.45) is 0.173. The second-order valence-electron chi connectivity index (χ2n) is 4.71. The first-order valence-electron chi connectivity index (χ1n) is 7.03. The molecule has 2 aromatic carbocycles. The maximum atomic E-state index is 11.6. The highest BCUT2D eigenvalue weighted by molar-refractivity contribution is 7.99. The zero-order chi connectivity index (χ0) is 15.9. The van der Waals surface area contributed by atoms with E-state index in [1.54, 1.807) is 18.7 Å². The van der Waals surface area contributed by atoms with Gasteiger partial charge in [-0.1, -0.05) is 41.6 Å². The summed E-state index contributed by atoms with van der Waals surface area (Å²) in [4.78, 5) is 13.7. The van der Waals surface area contributed by atoms with Crippen LogP contribution in [0, 0.1) is 0 Å². The van der Waals surface area contributed by atoms with Crippen molar-refractivity contribution in [1.29, 1.82) is 0 Å². The minimum atomic E-state index is -0.380. The molecule has 0 heterocycles. The van der Waals surface area contributed by atoms with Crippen LogP contribution >= 0.6 is 35.8 Å². The Hall–Kier alpha value is -1.20. The van der Waals surface area contributed by atoms with E-state index >= 15 is 0 Å². The van der Waals surface area contributed by atoms with Crippen LogP contribution in [0.5, 0.6) is 0 Å². The van der Waals surface area contributed by atoms with Crippen LogP contribution in [0.4, 0.5) is 0 Å². The Morgan fingerprint density at radius 1 is 1.22 bits per heavy atom. The number of esters is 1. The number of rotatable bonds is 6. The van der Waals surface area contributed by atoms with Crippen molar-refractivity contribution < 1.29 is 9.53 Å². The Kier molecular flexibility index (Phi) is 8.48. The molecule has 0 bridgehead atoms. The van der Waals surface area contributed by atoms with E-state index in [9.17, 15) is 4.79 Å². The molecule has 0 aliphatic heterocycles. The van der Waals surface area contributed by atoms with Gasteiger partial charge in [0.2, 0.25) is 0 Å². The van der Waals surface area contributed by atoms with Gasteiger partial charge in [0, 0.05) is 20.9 Å². The minimum absolute atomic E-state index is 0. The van der Waals surface area contributed by atoms with Crippen molar-refractivity contribution in [1.82, 2.24) is 0 Å². The van der Waals surface area contributed by atoms with Gasteiger partial charge in [-0.05, 0) is 42.8 Å². The summed E-state index contributed by atoms with van der Waals surface area (Å²) < 4.78 is 4.96. The molecule has 23 heavy (non-hydrogen) atoms. The smallest absolute Gasteiger partial charge is 0.307 e. The molecule has 0 aliphatic carbocycles. The van der Waals surface area contributed by atoms with Crippen LogP contribution in [0.2, 0.25) is 5.02 Å². The maximum absolute atomic E-state index is 11.6. The lowest BCUT2D eigenvalue weighted by Gasteiger charge is -2.15. The molecule has 2 aromatic rings. The average Bonchev–Trinajstić information content (AvgIpc) is 2.50. The van der Waals surface area contributed by atoms with E-state index in [-0.39, 0.29) is 30.8 Å². The summed E-state index contributed by atoms with van der Waals surface area (Å²) in [5.74, 6) is -0.277. The second kappa shape index (κ2) is 9.83. The van der Waals surface area contributed by atoms with Crippen LogP contribution in [0.1, 0.15) is 24.9 Å². The number of ether oxygens (including phenoxy) is 1. The number of carbonyl (C=O) groups is 1. The van der Waals surface area contributed by atoms with Gasteiger partial charge in [-0.2, -0.15) is 0 Å². The van der Waals surface area contributed by atoms with Crippen molar-refractivity contribution in [3.8, 4) is 0 Å². The zero-order valence-electron chi connectivity index (χ0n) is 12.7. The van der Waals surface area contributed by atoms with Crippen molar-refractivity contribution in [3.05, 3.63) is 59.1 Å². The molecule has 0 unspecified atom stereocenters. The maximum Gasteiger partial charge on any atom is 0.307 e. The molecule has 124 valence electrons. The first kappa shape index (κ1) is 19.8. The normalized spacial score (nSPS) is 11.4. The average molecular weight is 372 g/mol. The highest BCUT2D eigenvalue weighted by Gasteiger charge is 2.16. The Balaban J connectivity index is 0.00000264. The molecule has 0 spiro atoms. The molecule has 3 nitrogen and oxygen atoms in total. The van der Waals surface area contributed by atoms with E-state index in [0.29, 0.717) is 11.6 Å². The Labute approximate surface area is 152 Å². The number of hydrogen-bond acceptors (Lipinski definition) is 4. The highest BCUT2D eigenvalue weighted by Crippen LogP contribution is 2.34. The van der Waals surface area contributed by atoms with Crippen molar-refractivity contribution in [2.45, 2.75) is 29.2 Å². The number of benzene rings is 2. The summed E-state index contributed by atoms with van der Waals surface area (Å²) >= 11 is 7.50. The zero-order valence-corrected chi connectivity index (χ0v) is 15.1. The molecular weight excluding hydrogens is 353 g/mol. The SMILES string of the molecule is CCOC(=O)C[C@H](N)c1ccccc1Sc1ccc(Cl)cc1.Cl. The largest absolute Gasteiger partial charge is 0.466 e. The molecule has 0 saturated carbocycles. The fourth-order valence-electron chi connectivity index (χ4n) is 2.02. The summed E-state index contributed by atoms with van der Waals surface area (Å²) in [7, 11) is 0. The van der Waals surface area contributed by atoms with Gasteiger partial charge >= 0.3 is 5.97 Å². The first-order valence-corrected chi connectivity index (χ1v) is 8.23. The molecule has 1 atom stereocenters. The van der Waals surface area contributed by atoms with Crippen molar-refractivity contribution in [2.24, 2.45) is 5.73 Å². The van der Waals surface area contributed by atoms with E-state index in [2.05, 4.69) is 0 Å².